The van der Waals surface area contributed by atoms with Gasteiger partial charge in [-0.1, -0.05) is 11.2 Å². The van der Waals surface area contributed by atoms with Crippen molar-refractivity contribution in [2.24, 2.45) is 10.9 Å². The van der Waals surface area contributed by atoms with Crippen molar-refractivity contribution in [2.45, 2.75) is 13.8 Å². The lowest BCUT2D eigenvalue weighted by Gasteiger charge is -2.02. The second kappa shape index (κ2) is 3.21. The summed E-state index contributed by atoms with van der Waals surface area (Å²) in [5.74, 6) is 0.0520. The molecule has 0 saturated heterocycles. The highest BCUT2D eigenvalue weighted by Crippen LogP contribution is 2.05. The Labute approximate surface area is 70.7 Å². The minimum absolute atomic E-state index is 0.0520. The van der Waals surface area contributed by atoms with Crippen LogP contribution >= 0.6 is 0 Å². The van der Waals surface area contributed by atoms with Gasteiger partial charge in [0.1, 0.15) is 5.69 Å². The van der Waals surface area contributed by atoms with Crippen molar-refractivity contribution < 1.29 is 5.21 Å². The Morgan fingerprint density at radius 3 is 2.75 bits per heavy atom. The fourth-order valence-electron chi connectivity index (χ4n) is 0.933. The third-order valence-electron chi connectivity index (χ3n) is 1.59. The average Bonchev–Trinajstić information content (AvgIpc) is 2.08. The van der Waals surface area contributed by atoms with Gasteiger partial charge in [0, 0.05) is 5.69 Å². The summed E-state index contributed by atoms with van der Waals surface area (Å²) in [6.45, 7) is 3.72. The Hall–Kier alpha value is -1.58. The molecule has 0 spiro atoms. The van der Waals surface area contributed by atoms with E-state index in [9.17, 15) is 0 Å². The molecule has 0 aliphatic heterocycles. The van der Waals surface area contributed by atoms with Crippen LogP contribution in [-0.4, -0.2) is 16.0 Å². The van der Waals surface area contributed by atoms with Crippen LogP contribution in [0.2, 0.25) is 0 Å². The number of amidine groups is 1. The molecule has 0 fully saturated rings. The average molecular weight is 165 g/mol. The summed E-state index contributed by atoms with van der Waals surface area (Å²) in [4.78, 5) is 4.13. The molecule has 0 bridgehead atoms. The Kier molecular flexibility index (Phi) is 2.28. The van der Waals surface area contributed by atoms with E-state index in [0.717, 1.165) is 11.3 Å². The Morgan fingerprint density at radius 2 is 2.17 bits per heavy atom. The maximum absolute atomic E-state index is 8.43. The highest BCUT2D eigenvalue weighted by molar-refractivity contribution is 5.96. The van der Waals surface area contributed by atoms with Crippen LogP contribution in [-0.2, 0) is 0 Å². The summed E-state index contributed by atoms with van der Waals surface area (Å²) in [5, 5.41) is 11.3. The molecular weight excluding hydrogens is 154 g/mol. The van der Waals surface area contributed by atoms with Gasteiger partial charge in [-0.15, -0.1) is 0 Å². The number of aryl methyl sites for hydroxylation is 2. The molecule has 0 unspecified atom stereocenters. The molecule has 1 heterocycles. The number of hydrogen-bond donors (Lipinski definition) is 2. The zero-order valence-corrected chi connectivity index (χ0v) is 7.07. The van der Waals surface area contributed by atoms with E-state index in [1.807, 2.05) is 26.0 Å². The van der Waals surface area contributed by atoms with E-state index in [4.69, 9.17) is 10.9 Å². The van der Waals surface area contributed by atoms with Gasteiger partial charge in [-0.2, -0.15) is 0 Å². The van der Waals surface area contributed by atoms with E-state index in [0.29, 0.717) is 5.69 Å². The van der Waals surface area contributed by atoms with Crippen molar-refractivity contribution in [2.75, 3.05) is 0 Å². The largest absolute Gasteiger partial charge is 0.409 e. The van der Waals surface area contributed by atoms with Gasteiger partial charge in [0.15, 0.2) is 5.84 Å². The van der Waals surface area contributed by atoms with Crippen LogP contribution in [0.3, 0.4) is 0 Å². The fraction of sp³-hybridized carbons (Fsp3) is 0.250. The van der Waals surface area contributed by atoms with Gasteiger partial charge in [-0.25, -0.2) is 4.98 Å². The monoisotopic (exact) mass is 165 g/mol. The molecule has 4 heteroatoms. The summed E-state index contributed by atoms with van der Waals surface area (Å²) >= 11 is 0. The summed E-state index contributed by atoms with van der Waals surface area (Å²) in [7, 11) is 0. The van der Waals surface area contributed by atoms with Crippen LogP contribution in [0.25, 0.3) is 0 Å². The summed E-state index contributed by atoms with van der Waals surface area (Å²) in [6.07, 6.45) is 0. The lowest BCUT2D eigenvalue weighted by molar-refractivity contribution is 0.318. The van der Waals surface area contributed by atoms with Crippen LogP contribution in [0.1, 0.15) is 17.0 Å². The van der Waals surface area contributed by atoms with Crippen LogP contribution in [0.15, 0.2) is 17.3 Å². The third-order valence-corrected chi connectivity index (χ3v) is 1.59. The van der Waals surface area contributed by atoms with Gasteiger partial charge in [0.05, 0.1) is 0 Å². The zero-order chi connectivity index (χ0) is 9.14. The van der Waals surface area contributed by atoms with Crippen molar-refractivity contribution in [1.29, 1.82) is 0 Å². The minimum atomic E-state index is 0.0520. The highest BCUT2D eigenvalue weighted by atomic mass is 16.4. The molecule has 4 nitrogen and oxygen atoms in total. The van der Waals surface area contributed by atoms with Gasteiger partial charge >= 0.3 is 0 Å². The number of pyridine rings is 1. The van der Waals surface area contributed by atoms with E-state index < -0.39 is 0 Å². The van der Waals surface area contributed by atoms with E-state index in [1.165, 1.54) is 0 Å². The second-order valence-electron chi connectivity index (χ2n) is 2.60. The molecule has 12 heavy (non-hydrogen) atoms. The molecule has 1 aromatic rings. The molecule has 0 radical (unpaired) electrons. The van der Waals surface area contributed by atoms with E-state index in [2.05, 4.69) is 10.1 Å². The van der Waals surface area contributed by atoms with Crippen molar-refractivity contribution in [3.05, 3.63) is 29.1 Å². The highest BCUT2D eigenvalue weighted by Gasteiger charge is 2.04. The predicted octanol–water partition coefficient (Wildman–Crippen LogP) is 0.793. The Morgan fingerprint density at radius 1 is 1.50 bits per heavy atom. The van der Waals surface area contributed by atoms with Crippen molar-refractivity contribution in [1.82, 2.24) is 4.98 Å². The molecule has 3 N–H and O–H groups in total. The molecular formula is C8H11N3O. The zero-order valence-electron chi connectivity index (χ0n) is 7.07. The molecule has 0 saturated carbocycles. The van der Waals surface area contributed by atoms with Crippen LogP contribution in [0.5, 0.6) is 0 Å². The quantitative estimate of drug-likeness (QED) is 0.280. The molecule has 0 aromatic carbocycles. The lowest BCUT2D eigenvalue weighted by Crippen LogP contribution is -2.16. The molecule has 64 valence electrons. The fourth-order valence-corrected chi connectivity index (χ4v) is 0.933. The van der Waals surface area contributed by atoms with E-state index in [-0.39, 0.29) is 5.84 Å². The topological polar surface area (TPSA) is 71.5 Å². The van der Waals surface area contributed by atoms with E-state index >= 15 is 0 Å². The minimum Gasteiger partial charge on any atom is -0.409 e. The first-order chi connectivity index (χ1) is 5.65. The summed E-state index contributed by atoms with van der Waals surface area (Å²) in [5.41, 5.74) is 7.69. The maximum atomic E-state index is 8.43. The van der Waals surface area contributed by atoms with E-state index in [1.54, 1.807) is 0 Å². The van der Waals surface area contributed by atoms with Gasteiger partial charge in [0.2, 0.25) is 0 Å². The number of nitrogens with two attached hydrogens (primary N) is 1. The normalized spacial score (nSPS) is 11.7. The van der Waals surface area contributed by atoms with Crippen LogP contribution in [0.4, 0.5) is 0 Å². The first-order valence-corrected chi connectivity index (χ1v) is 3.57. The van der Waals surface area contributed by atoms with Crippen LogP contribution in [0, 0.1) is 13.8 Å². The van der Waals surface area contributed by atoms with Crippen LogP contribution < -0.4 is 5.73 Å². The van der Waals surface area contributed by atoms with Crippen molar-refractivity contribution in [3.8, 4) is 0 Å². The number of oxime groups is 1. The Balaban J connectivity index is 3.23. The molecule has 0 atom stereocenters. The maximum Gasteiger partial charge on any atom is 0.189 e. The van der Waals surface area contributed by atoms with Gasteiger partial charge in [-0.3, -0.25) is 0 Å². The molecule has 1 aromatic heterocycles. The molecule has 0 aliphatic carbocycles. The third kappa shape index (κ3) is 1.53. The van der Waals surface area contributed by atoms with Gasteiger partial charge < -0.3 is 10.9 Å². The lowest BCUT2D eigenvalue weighted by atomic mass is 10.2. The molecule has 0 amide bonds. The smallest absolute Gasteiger partial charge is 0.189 e. The number of rotatable bonds is 1. The molecule has 1 rings (SSSR count). The number of nitrogens with zero attached hydrogens (tertiary/aromatic N) is 2. The first kappa shape index (κ1) is 8.52. The van der Waals surface area contributed by atoms with Gasteiger partial charge in [0.25, 0.3) is 0 Å². The summed E-state index contributed by atoms with van der Waals surface area (Å²) < 4.78 is 0. The standard InChI is InChI=1S/C8H11N3O/c1-5-3-4-6(2)10-7(5)8(9)11-12/h3-4,12H,1-2H3,(H2,9,11). The molecule has 0 aliphatic rings. The van der Waals surface area contributed by atoms with Crippen molar-refractivity contribution >= 4 is 5.84 Å². The number of aromatic nitrogens is 1. The van der Waals surface area contributed by atoms with Gasteiger partial charge in [-0.05, 0) is 25.5 Å². The Bertz CT molecular complexity index is 320. The number of hydrogen-bond acceptors (Lipinski definition) is 3. The first-order valence-electron chi connectivity index (χ1n) is 3.57. The second-order valence-corrected chi connectivity index (χ2v) is 2.60. The SMILES string of the molecule is Cc1ccc(C)c(C(N)=NO)n1. The predicted molar refractivity (Wildman–Crippen MR) is 46.2 cm³/mol. The van der Waals surface area contributed by atoms with Crippen molar-refractivity contribution in [3.63, 3.8) is 0 Å². The summed E-state index contributed by atoms with van der Waals surface area (Å²) in [6, 6.07) is 3.76.